The minimum absolute atomic E-state index is 0.338. The first-order valence-electron chi connectivity index (χ1n) is 4.63. The van der Waals surface area contributed by atoms with Crippen molar-refractivity contribution in [1.82, 2.24) is 9.61 Å². The zero-order valence-corrected chi connectivity index (χ0v) is 10.7. The first kappa shape index (κ1) is 11.4. The minimum atomic E-state index is -0.383. The van der Waals surface area contributed by atoms with Gasteiger partial charge in [0.15, 0.2) is 0 Å². The first-order chi connectivity index (χ1) is 7.63. The number of hydrogen-bond acceptors (Lipinski definition) is 3. The van der Waals surface area contributed by atoms with Crippen molar-refractivity contribution in [3.8, 4) is 0 Å². The number of halogens is 2. The van der Waals surface area contributed by atoms with E-state index < -0.39 is 0 Å². The van der Waals surface area contributed by atoms with Crippen LogP contribution in [0.5, 0.6) is 0 Å². The number of rotatable bonds is 2. The van der Waals surface area contributed by atoms with Crippen LogP contribution in [-0.4, -0.2) is 22.2 Å². The molecule has 0 atom stereocenters. The van der Waals surface area contributed by atoms with Crippen LogP contribution in [0.1, 0.15) is 17.3 Å². The summed E-state index contributed by atoms with van der Waals surface area (Å²) in [6.07, 6.45) is 3.10. The molecule has 0 aromatic carbocycles. The van der Waals surface area contributed by atoms with Gasteiger partial charge in [-0.1, -0.05) is 11.6 Å². The van der Waals surface area contributed by atoms with Crippen molar-refractivity contribution in [3.05, 3.63) is 33.5 Å². The maximum absolute atomic E-state index is 11.6. The SMILES string of the molecule is CCOC(=O)c1cnn2cc(Cl)c(Br)cc12. The van der Waals surface area contributed by atoms with Gasteiger partial charge in [-0.15, -0.1) is 0 Å². The van der Waals surface area contributed by atoms with Gasteiger partial charge < -0.3 is 4.74 Å². The van der Waals surface area contributed by atoms with Gasteiger partial charge >= 0.3 is 5.97 Å². The average Bonchev–Trinajstić information content (AvgIpc) is 2.62. The predicted molar refractivity (Wildman–Crippen MR) is 63.9 cm³/mol. The molecule has 0 spiro atoms. The minimum Gasteiger partial charge on any atom is -0.462 e. The number of fused-ring (bicyclic) bond motifs is 1. The van der Waals surface area contributed by atoms with E-state index in [2.05, 4.69) is 21.0 Å². The molecule has 0 amide bonds. The number of hydrogen-bond donors (Lipinski definition) is 0. The van der Waals surface area contributed by atoms with Gasteiger partial charge in [0.2, 0.25) is 0 Å². The van der Waals surface area contributed by atoms with Crippen LogP contribution >= 0.6 is 27.5 Å². The highest BCUT2D eigenvalue weighted by Gasteiger charge is 2.14. The topological polar surface area (TPSA) is 43.6 Å². The highest BCUT2D eigenvalue weighted by Crippen LogP contribution is 2.25. The number of nitrogens with zero attached hydrogens (tertiary/aromatic N) is 2. The Kier molecular flexibility index (Phi) is 3.16. The molecule has 0 saturated heterocycles. The number of aromatic nitrogens is 2. The molecule has 0 saturated carbocycles. The third-order valence-corrected chi connectivity index (χ3v) is 3.24. The van der Waals surface area contributed by atoms with E-state index in [1.807, 2.05) is 0 Å². The smallest absolute Gasteiger partial charge is 0.341 e. The zero-order valence-electron chi connectivity index (χ0n) is 8.41. The number of ether oxygens (including phenoxy) is 1. The highest BCUT2D eigenvalue weighted by molar-refractivity contribution is 9.10. The van der Waals surface area contributed by atoms with Crippen LogP contribution in [0.3, 0.4) is 0 Å². The predicted octanol–water partition coefficient (Wildman–Crippen LogP) is 2.93. The van der Waals surface area contributed by atoms with Crippen molar-refractivity contribution in [2.45, 2.75) is 6.92 Å². The monoisotopic (exact) mass is 302 g/mol. The Bertz CT molecular complexity index is 553. The number of pyridine rings is 1. The molecule has 0 bridgehead atoms. The van der Waals surface area contributed by atoms with Gasteiger partial charge in [-0.25, -0.2) is 9.31 Å². The molecule has 2 heterocycles. The van der Waals surface area contributed by atoms with Crippen LogP contribution < -0.4 is 0 Å². The molecule has 2 aromatic rings. The lowest BCUT2D eigenvalue weighted by atomic mass is 10.2. The van der Waals surface area contributed by atoms with E-state index >= 15 is 0 Å². The number of carbonyl (C=O) groups is 1. The Hall–Kier alpha value is -1.07. The van der Waals surface area contributed by atoms with E-state index in [4.69, 9.17) is 16.3 Å². The van der Waals surface area contributed by atoms with Crippen LogP contribution in [0.2, 0.25) is 5.02 Å². The molecule has 0 aliphatic rings. The van der Waals surface area contributed by atoms with Gasteiger partial charge in [0.05, 0.1) is 23.3 Å². The molecule has 0 unspecified atom stereocenters. The fourth-order valence-corrected chi connectivity index (χ4v) is 1.81. The number of esters is 1. The van der Waals surface area contributed by atoms with Crippen molar-refractivity contribution in [3.63, 3.8) is 0 Å². The summed E-state index contributed by atoms with van der Waals surface area (Å²) in [5, 5.41) is 4.57. The summed E-state index contributed by atoms with van der Waals surface area (Å²) in [7, 11) is 0. The second-order valence-electron chi connectivity index (χ2n) is 3.08. The lowest BCUT2D eigenvalue weighted by Crippen LogP contribution is -2.04. The average molecular weight is 304 g/mol. The van der Waals surface area contributed by atoms with Crippen LogP contribution in [0.15, 0.2) is 22.9 Å². The van der Waals surface area contributed by atoms with Crippen molar-refractivity contribution in [2.24, 2.45) is 0 Å². The normalized spacial score (nSPS) is 10.7. The molecule has 6 heteroatoms. The van der Waals surface area contributed by atoms with Crippen molar-refractivity contribution in [2.75, 3.05) is 6.61 Å². The lowest BCUT2D eigenvalue weighted by Gasteiger charge is -2.01. The Morgan fingerprint density at radius 3 is 3.12 bits per heavy atom. The van der Waals surface area contributed by atoms with E-state index in [1.165, 1.54) is 6.20 Å². The third-order valence-electron chi connectivity index (χ3n) is 2.06. The fourth-order valence-electron chi connectivity index (χ4n) is 1.34. The van der Waals surface area contributed by atoms with Crippen LogP contribution in [0.25, 0.3) is 5.52 Å². The molecule has 0 fully saturated rings. The standard InChI is InChI=1S/C10H8BrClN2O2/c1-2-16-10(15)6-4-13-14-5-8(12)7(11)3-9(6)14/h3-5H,2H2,1H3. The molecular weight excluding hydrogens is 295 g/mol. The van der Waals surface area contributed by atoms with Crippen LogP contribution in [0.4, 0.5) is 0 Å². The Labute approximate surface area is 105 Å². The summed E-state index contributed by atoms with van der Waals surface area (Å²) in [4.78, 5) is 11.6. The number of carbonyl (C=O) groups excluding carboxylic acids is 1. The maximum atomic E-state index is 11.6. The van der Waals surface area contributed by atoms with Crippen molar-refractivity contribution < 1.29 is 9.53 Å². The molecule has 0 aliphatic carbocycles. The Morgan fingerprint density at radius 1 is 1.69 bits per heavy atom. The van der Waals surface area contributed by atoms with E-state index in [-0.39, 0.29) is 5.97 Å². The lowest BCUT2D eigenvalue weighted by molar-refractivity contribution is 0.0528. The quantitative estimate of drug-likeness (QED) is 0.801. The summed E-state index contributed by atoms with van der Waals surface area (Å²) < 4.78 is 7.18. The molecule has 0 N–H and O–H groups in total. The van der Waals surface area contributed by atoms with E-state index in [9.17, 15) is 4.79 Å². The van der Waals surface area contributed by atoms with Gasteiger partial charge in [0.1, 0.15) is 5.56 Å². The van der Waals surface area contributed by atoms with Crippen molar-refractivity contribution in [1.29, 1.82) is 0 Å². The van der Waals surface area contributed by atoms with Gasteiger partial charge in [-0.3, -0.25) is 0 Å². The zero-order chi connectivity index (χ0) is 11.7. The molecule has 2 aromatic heterocycles. The van der Waals surface area contributed by atoms with Gasteiger partial charge in [0, 0.05) is 10.7 Å². The molecular formula is C10H8BrClN2O2. The molecule has 0 radical (unpaired) electrons. The maximum Gasteiger partial charge on any atom is 0.341 e. The third kappa shape index (κ3) is 1.92. The molecule has 16 heavy (non-hydrogen) atoms. The van der Waals surface area contributed by atoms with Gasteiger partial charge in [-0.2, -0.15) is 5.10 Å². The van der Waals surface area contributed by atoms with Crippen LogP contribution in [-0.2, 0) is 4.74 Å². The summed E-state index contributed by atoms with van der Waals surface area (Å²) in [5.41, 5.74) is 1.09. The van der Waals surface area contributed by atoms with Gasteiger partial charge in [-0.05, 0) is 28.9 Å². The van der Waals surface area contributed by atoms with E-state index in [0.717, 1.165) is 0 Å². The second-order valence-corrected chi connectivity index (χ2v) is 4.34. The second kappa shape index (κ2) is 4.43. The first-order valence-corrected chi connectivity index (χ1v) is 5.80. The summed E-state index contributed by atoms with van der Waals surface area (Å²) >= 11 is 9.21. The highest BCUT2D eigenvalue weighted by atomic mass is 79.9. The molecule has 2 rings (SSSR count). The van der Waals surface area contributed by atoms with E-state index in [0.29, 0.717) is 27.2 Å². The molecule has 4 nitrogen and oxygen atoms in total. The largest absolute Gasteiger partial charge is 0.462 e. The van der Waals surface area contributed by atoms with Crippen LogP contribution in [0, 0.1) is 0 Å². The molecule has 0 aliphatic heterocycles. The Morgan fingerprint density at radius 2 is 2.44 bits per heavy atom. The van der Waals surface area contributed by atoms with Crippen molar-refractivity contribution >= 4 is 39.0 Å². The summed E-state index contributed by atoms with van der Waals surface area (Å²) in [6, 6.07) is 1.74. The van der Waals surface area contributed by atoms with Gasteiger partial charge in [0.25, 0.3) is 0 Å². The Balaban J connectivity index is 2.56. The fraction of sp³-hybridized carbons (Fsp3) is 0.200. The summed E-state index contributed by atoms with van der Waals surface area (Å²) in [6.45, 7) is 2.10. The summed E-state index contributed by atoms with van der Waals surface area (Å²) in [5.74, 6) is -0.383. The molecule has 84 valence electrons. The van der Waals surface area contributed by atoms with E-state index in [1.54, 1.807) is 23.7 Å².